The molecule has 1 saturated heterocycles. The Morgan fingerprint density at radius 3 is 2.79 bits per heavy atom. The molecule has 3 aliphatic rings. The molecule has 8 nitrogen and oxygen atoms in total. The van der Waals surface area contributed by atoms with Gasteiger partial charge in [-0.15, -0.1) is 0 Å². The second-order valence-electron chi connectivity index (χ2n) is 10.8. The van der Waals surface area contributed by atoms with Crippen molar-refractivity contribution >= 4 is 16.9 Å². The van der Waals surface area contributed by atoms with E-state index < -0.39 is 11.9 Å². The van der Waals surface area contributed by atoms with Crippen LogP contribution in [0.2, 0.25) is 0 Å². The van der Waals surface area contributed by atoms with Crippen LogP contribution < -0.4 is 10.1 Å². The number of methoxy groups -OCH3 is 1. The molecule has 1 aliphatic heterocycles. The zero-order chi connectivity index (χ0) is 25.9. The number of fused-ring (bicyclic) bond motifs is 3. The molecule has 0 radical (unpaired) electrons. The van der Waals surface area contributed by atoms with Crippen LogP contribution in [-0.4, -0.2) is 45.1 Å². The van der Waals surface area contributed by atoms with E-state index in [9.17, 15) is 5.11 Å². The predicted molar refractivity (Wildman–Crippen MR) is 143 cm³/mol. The van der Waals surface area contributed by atoms with Gasteiger partial charge in [-0.05, 0) is 55.5 Å². The van der Waals surface area contributed by atoms with E-state index in [1.54, 1.807) is 13.4 Å². The quantitative estimate of drug-likeness (QED) is 0.390. The molecule has 2 aliphatic carbocycles. The first-order valence-electron chi connectivity index (χ1n) is 13.3. The summed E-state index contributed by atoms with van der Waals surface area (Å²) in [4.78, 5) is 9.24. The van der Waals surface area contributed by atoms with Crippen LogP contribution in [0.25, 0.3) is 11.0 Å². The standard InChI is InChI=1S/C30H32N4O4/c1-30(35)25(15-20-16-37-29(38-26(20)30)19-7-10-21(36-2)11-8-19)34-14-13-23-27(31-17-32-28(23)34)33-24-12-9-18-5-3-4-6-22(18)24/h3-8,10-11,13-14,17,20,24-26,29,35H,9,12,15-16H2,1-2H3,(H,31,32,33)/t20-,24-,25+,26+,29?,30+/m0/s1. The summed E-state index contributed by atoms with van der Waals surface area (Å²) in [7, 11) is 1.64. The summed E-state index contributed by atoms with van der Waals surface area (Å²) in [5.41, 5.74) is 3.35. The molecule has 38 heavy (non-hydrogen) atoms. The molecule has 6 atom stereocenters. The lowest BCUT2D eigenvalue weighted by molar-refractivity contribution is -0.265. The van der Waals surface area contributed by atoms with Crippen LogP contribution in [0.3, 0.4) is 0 Å². The number of hydrogen-bond donors (Lipinski definition) is 2. The molecule has 0 spiro atoms. The summed E-state index contributed by atoms with van der Waals surface area (Å²) in [5.74, 6) is 1.68. The van der Waals surface area contributed by atoms with Crippen molar-refractivity contribution in [2.75, 3.05) is 19.0 Å². The maximum Gasteiger partial charge on any atom is 0.184 e. The largest absolute Gasteiger partial charge is 0.497 e. The van der Waals surface area contributed by atoms with Crippen molar-refractivity contribution in [3.8, 4) is 5.75 Å². The number of benzene rings is 2. The smallest absolute Gasteiger partial charge is 0.184 e. The molecule has 2 N–H and O–H groups in total. The fraction of sp³-hybridized carbons (Fsp3) is 0.400. The van der Waals surface area contributed by atoms with Crippen molar-refractivity contribution in [2.45, 2.75) is 56.3 Å². The summed E-state index contributed by atoms with van der Waals surface area (Å²) in [6.07, 6.45) is 5.58. The minimum Gasteiger partial charge on any atom is -0.497 e. The van der Waals surface area contributed by atoms with E-state index in [1.165, 1.54) is 11.1 Å². The topological polar surface area (TPSA) is 90.7 Å². The van der Waals surface area contributed by atoms with E-state index >= 15 is 0 Å². The third kappa shape index (κ3) is 3.78. The van der Waals surface area contributed by atoms with Gasteiger partial charge in [0.1, 0.15) is 29.1 Å². The average molecular weight is 513 g/mol. The van der Waals surface area contributed by atoms with E-state index in [1.807, 2.05) is 43.5 Å². The molecule has 2 aromatic carbocycles. The highest BCUT2D eigenvalue weighted by Gasteiger charge is 2.56. The number of aliphatic hydroxyl groups is 1. The summed E-state index contributed by atoms with van der Waals surface area (Å²) >= 11 is 0. The van der Waals surface area contributed by atoms with Crippen molar-refractivity contribution in [1.82, 2.24) is 14.5 Å². The van der Waals surface area contributed by atoms with Crippen LogP contribution in [0, 0.1) is 5.92 Å². The van der Waals surface area contributed by atoms with Crippen LogP contribution >= 0.6 is 0 Å². The normalized spacial score (nSPS) is 30.2. The number of hydrogen-bond acceptors (Lipinski definition) is 7. The third-order valence-corrected chi connectivity index (χ3v) is 8.61. The maximum atomic E-state index is 11.9. The van der Waals surface area contributed by atoms with Gasteiger partial charge in [0.2, 0.25) is 0 Å². The van der Waals surface area contributed by atoms with E-state index in [-0.39, 0.29) is 24.1 Å². The molecule has 196 valence electrons. The molecule has 4 aromatic rings. The molecule has 2 aromatic heterocycles. The lowest BCUT2D eigenvalue weighted by Crippen LogP contribution is -2.47. The van der Waals surface area contributed by atoms with Gasteiger partial charge in [0.25, 0.3) is 0 Å². The van der Waals surface area contributed by atoms with Crippen LogP contribution in [0.4, 0.5) is 5.82 Å². The molecule has 2 fully saturated rings. The Balaban J connectivity index is 1.15. The first-order chi connectivity index (χ1) is 18.5. The van der Waals surface area contributed by atoms with Crippen molar-refractivity contribution < 1.29 is 19.3 Å². The fourth-order valence-corrected chi connectivity index (χ4v) is 6.64. The molecule has 8 heteroatoms. The van der Waals surface area contributed by atoms with E-state index in [4.69, 9.17) is 14.2 Å². The van der Waals surface area contributed by atoms with Gasteiger partial charge in [0.05, 0.1) is 37.3 Å². The van der Waals surface area contributed by atoms with Gasteiger partial charge >= 0.3 is 0 Å². The molecular weight excluding hydrogens is 480 g/mol. The van der Waals surface area contributed by atoms with Gasteiger partial charge in [-0.2, -0.15) is 0 Å². The highest BCUT2D eigenvalue weighted by molar-refractivity contribution is 5.87. The molecule has 0 amide bonds. The van der Waals surface area contributed by atoms with Gasteiger partial charge in [-0.3, -0.25) is 0 Å². The molecule has 3 heterocycles. The lowest BCUT2D eigenvalue weighted by atomic mass is 9.95. The van der Waals surface area contributed by atoms with Crippen LogP contribution in [0.1, 0.15) is 54.8 Å². The predicted octanol–water partition coefficient (Wildman–Crippen LogP) is 4.97. The minimum atomic E-state index is -1.10. The third-order valence-electron chi connectivity index (χ3n) is 8.61. The second-order valence-corrected chi connectivity index (χ2v) is 10.8. The van der Waals surface area contributed by atoms with Crippen molar-refractivity contribution in [3.63, 3.8) is 0 Å². The van der Waals surface area contributed by atoms with E-state index in [2.05, 4.69) is 44.1 Å². The van der Waals surface area contributed by atoms with Crippen LogP contribution in [0.5, 0.6) is 5.75 Å². The number of aromatic nitrogens is 3. The second kappa shape index (κ2) is 9.08. The van der Waals surface area contributed by atoms with E-state index in [0.717, 1.165) is 47.4 Å². The summed E-state index contributed by atoms with van der Waals surface area (Å²) in [6.45, 7) is 2.40. The minimum absolute atomic E-state index is 0.0800. The number of nitrogens with zero attached hydrogens (tertiary/aromatic N) is 3. The number of aryl methyl sites for hydroxylation is 1. The Bertz CT molecular complexity index is 1470. The Morgan fingerprint density at radius 2 is 1.95 bits per heavy atom. The fourth-order valence-electron chi connectivity index (χ4n) is 6.64. The zero-order valence-corrected chi connectivity index (χ0v) is 21.6. The number of anilines is 1. The van der Waals surface area contributed by atoms with Crippen molar-refractivity contribution in [3.05, 3.63) is 83.8 Å². The maximum absolute atomic E-state index is 11.9. The molecule has 1 saturated carbocycles. The SMILES string of the molecule is COc1ccc(C2OC[C@@H]3C[C@@H](n4ccc5c(N[C@H]6CCc7ccccc76)ncnc54)[C@@](C)(O)[C@@H]3O2)cc1. The van der Waals surface area contributed by atoms with Gasteiger partial charge in [-0.25, -0.2) is 9.97 Å². The van der Waals surface area contributed by atoms with Gasteiger partial charge < -0.3 is 29.2 Å². The number of rotatable bonds is 5. The van der Waals surface area contributed by atoms with Crippen LogP contribution in [0.15, 0.2) is 67.1 Å². The summed E-state index contributed by atoms with van der Waals surface area (Å²) in [6, 6.07) is 18.3. The average Bonchev–Trinajstić information content (AvgIpc) is 3.63. The van der Waals surface area contributed by atoms with Crippen LogP contribution in [-0.2, 0) is 15.9 Å². The molecular formula is C30H32N4O4. The van der Waals surface area contributed by atoms with Crippen molar-refractivity contribution in [2.24, 2.45) is 5.92 Å². The highest BCUT2D eigenvalue weighted by Crippen LogP contribution is 2.50. The Hall–Kier alpha value is -3.46. The Morgan fingerprint density at radius 1 is 1.11 bits per heavy atom. The van der Waals surface area contributed by atoms with E-state index in [0.29, 0.717) is 6.61 Å². The highest BCUT2D eigenvalue weighted by atomic mass is 16.7. The monoisotopic (exact) mass is 512 g/mol. The first-order valence-corrected chi connectivity index (χ1v) is 13.3. The molecule has 7 rings (SSSR count). The van der Waals surface area contributed by atoms with Gasteiger partial charge in [-0.1, -0.05) is 36.4 Å². The molecule has 1 unspecified atom stereocenters. The van der Waals surface area contributed by atoms with Gasteiger partial charge in [0.15, 0.2) is 6.29 Å². The van der Waals surface area contributed by atoms with Crippen molar-refractivity contribution in [1.29, 1.82) is 0 Å². The number of ether oxygens (including phenoxy) is 3. The lowest BCUT2D eigenvalue weighted by Gasteiger charge is -2.38. The zero-order valence-electron chi connectivity index (χ0n) is 21.6. The Labute approximate surface area is 221 Å². The first kappa shape index (κ1) is 23.6. The number of nitrogens with one attached hydrogen (secondary N) is 1. The van der Waals surface area contributed by atoms with Gasteiger partial charge in [0, 0.05) is 17.7 Å². The Kier molecular flexibility index (Phi) is 5.65. The summed E-state index contributed by atoms with van der Waals surface area (Å²) < 4.78 is 19.9. The molecule has 0 bridgehead atoms. The summed E-state index contributed by atoms with van der Waals surface area (Å²) in [5, 5.41) is 16.5.